The van der Waals surface area contributed by atoms with Gasteiger partial charge in [-0.1, -0.05) is 127 Å². The first-order valence-electron chi connectivity index (χ1n) is 16.1. The van der Waals surface area contributed by atoms with Gasteiger partial charge in [-0.2, -0.15) is 0 Å². The molecule has 0 fully saturated rings. The van der Waals surface area contributed by atoms with Gasteiger partial charge >= 0.3 is 0 Å². The van der Waals surface area contributed by atoms with Crippen molar-refractivity contribution in [2.24, 2.45) is 5.92 Å². The molecule has 0 radical (unpaired) electrons. The number of hydrogen-bond donors (Lipinski definition) is 0. The highest BCUT2D eigenvalue weighted by atomic mass is 15.1. The van der Waals surface area contributed by atoms with Crippen LogP contribution in [0, 0.1) is 12.5 Å². The van der Waals surface area contributed by atoms with E-state index in [9.17, 15) is 0 Å². The van der Waals surface area contributed by atoms with Crippen molar-refractivity contribution >= 4 is 6.21 Å². The molecule has 204 valence electrons. The van der Waals surface area contributed by atoms with E-state index in [1.165, 1.54) is 154 Å². The van der Waals surface area contributed by atoms with Gasteiger partial charge in [0.25, 0.3) is 0 Å². The fraction of sp³-hybridized carbons (Fsp3) is 0.765. The highest BCUT2D eigenvalue weighted by Crippen LogP contribution is 2.20. The highest BCUT2D eigenvalue weighted by Gasteiger charge is 2.10. The molecule has 3 aliphatic rings. The largest absolute Gasteiger partial charge is 0.373 e. The topological polar surface area (TPSA) is 6.25 Å². The van der Waals surface area contributed by atoms with E-state index in [0.29, 0.717) is 5.92 Å². The van der Waals surface area contributed by atoms with Gasteiger partial charge in [-0.15, -0.1) is 6.08 Å². The van der Waals surface area contributed by atoms with E-state index in [1.807, 2.05) is 0 Å². The summed E-state index contributed by atoms with van der Waals surface area (Å²) in [7, 11) is 0. The van der Waals surface area contributed by atoms with Crippen molar-refractivity contribution in [1.29, 1.82) is 0 Å². The third kappa shape index (κ3) is 13.8. The van der Waals surface area contributed by atoms with Crippen LogP contribution in [0.2, 0.25) is 0 Å². The van der Waals surface area contributed by atoms with Gasteiger partial charge in [0, 0.05) is 38.5 Å². The second-order valence-corrected chi connectivity index (χ2v) is 11.8. The van der Waals surface area contributed by atoms with E-state index >= 15 is 0 Å². The number of rotatable bonds is 0. The summed E-state index contributed by atoms with van der Waals surface area (Å²) < 4.78 is 2.47. The van der Waals surface area contributed by atoms with Gasteiger partial charge in [-0.3, -0.25) is 0 Å². The second kappa shape index (κ2) is 19.6. The van der Waals surface area contributed by atoms with Crippen LogP contribution in [0.25, 0.3) is 0 Å². The quantitative estimate of drug-likeness (QED) is 0.240. The molecule has 0 amide bonds. The van der Waals surface area contributed by atoms with Gasteiger partial charge in [-0.05, 0) is 37.2 Å². The number of allylic oxidation sites excluding steroid dienone is 3. The molecule has 0 spiro atoms. The minimum atomic E-state index is 0.665. The second-order valence-electron chi connectivity index (χ2n) is 11.8. The van der Waals surface area contributed by atoms with E-state index in [-0.39, 0.29) is 0 Å². The van der Waals surface area contributed by atoms with Gasteiger partial charge in [0.2, 0.25) is 0 Å². The summed E-state index contributed by atoms with van der Waals surface area (Å²) in [4.78, 5) is 2.56. The van der Waals surface area contributed by atoms with E-state index < -0.39 is 0 Å². The molecule has 3 rings (SSSR count). The molecule has 0 aliphatic carbocycles. The maximum Gasteiger partial charge on any atom is 0.115 e. The van der Waals surface area contributed by atoms with Gasteiger partial charge in [0.1, 0.15) is 6.54 Å². The van der Waals surface area contributed by atoms with E-state index in [4.69, 9.17) is 0 Å². The first-order valence-corrected chi connectivity index (χ1v) is 16.1. The molecule has 0 saturated heterocycles. The zero-order valence-electron chi connectivity index (χ0n) is 23.7. The Morgan fingerprint density at radius 1 is 0.667 bits per heavy atom. The van der Waals surface area contributed by atoms with E-state index in [2.05, 4.69) is 52.7 Å². The number of fused-ring (bicyclic) bond motifs is 3. The van der Waals surface area contributed by atoms with Crippen molar-refractivity contribution in [3.63, 3.8) is 0 Å². The Kier molecular flexibility index (Phi) is 15.9. The number of hydrogen-bond acceptors (Lipinski definition) is 1. The van der Waals surface area contributed by atoms with Gasteiger partial charge in [0.05, 0.1) is 0 Å². The van der Waals surface area contributed by atoms with Crippen LogP contribution in [0.3, 0.4) is 0 Å². The molecule has 3 aliphatic heterocycles. The lowest BCUT2D eigenvalue weighted by molar-refractivity contribution is -0.489. The summed E-state index contributed by atoms with van der Waals surface area (Å²) in [5.41, 5.74) is 1.56. The first-order chi connectivity index (χ1) is 17.9. The molecule has 0 aromatic heterocycles. The van der Waals surface area contributed by atoms with Crippen LogP contribution >= 0.6 is 0 Å². The molecule has 0 saturated carbocycles. The van der Waals surface area contributed by atoms with E-state index in [0.717, 1.165) is 6.54 Å². The van der Waals surface area contributed by atoms with Crippen molar-refractivity contribution in [2.75, 3.05) is 19.6 Å². The molecule has 0 aromatic rings. The molecule has 0 aromatic carbocycles. The van der Waals surface area contributed by atoms with Crippen molar-refractivity contribution in [3.05, 3.63) is 42.6 Å². The minimum absolute atomic E-state index is 0.665. The Hall–Kier alpha value is -1.44. The van der Waals surface area contributed by atoms with Gasteiger partial charge in [0.15, 0.2) is 0 Å². The maximum absolute atomic E-state index is 2.56. The average molecular weight is 495 g/mol. The summed E-state index contributed by atoms with van der Waals surface area (Å²) >= 11 is 0. The number of nitrogens with zero attached hydrogens (tertiary/aromatic N) is 2. The van der Waals surface area contributed by atoms with Crippen LogP contribution in [0.1, 0.15) is 141 Å². The molecule has 4 bridgehead atoms. The van der Waals surface area contributed by atoms with Gasteiger partial charge in [-0.25, -0.2) is 0 Å². The Labute approximate surface area is 225 Å². The lowest BCUT2D eigenvalue weighted by Crippen LogP contribution is -2.21. The first kappa shape index (κ1) is 29.1. The average Bonchev–Trinajstić information content (AvgIpc) is 2.90. The summed E-state index contributed by atoms with van der Waals surface area (Å²) in [6, 6.07) is 0. The molecule has 0 N–H and O–H groups in total. The normalized spacial score (nSPS) is 25.8. The highest BCUT2D eigenvalue weighted by molar-refractivity contribution is 5.67. The molecule has 1 atom stereocenters. The van der Waals surface area contributed by atoms with Gasteiger partial charge < -0.3 is 9.48 Å². The summed E-state index contributed by atoms with van der Waals surface area (Å²) in [6.07, 6.45) is 45.2. The monoisotopic (exact) mass is 494 g/mol. The Bertz CT molecular complexity index is 671. The van der Waals surface area contributed by atoms with Crippen LogP contribution in [-0.4, -0.2) is 35.3 Å². The van der Waals surface area contributed by atoms with Crippen molar-refractivity contribution in [2.45, 2.75) is 141 Å². The Balaban J connectivity index is 1.32. The minimum Gasteiger partial charge on any atom is -0.373 e. The van der Waals surface area contributed by atoms with E-state index in [1.54, 1.807) is 5.57 Å². The molecule has 2 heteroatoms. The molecule has 3 heterocycles. The third-order valence-electron chi connectivity index (χ3n) is 8.40. The zero-order valence-corrected chi connectivity index (χ0v) is 23.7. The van der Waals surface area contributed by atoms with Crippen LogP contribution in [0.15, 0.2) is 36.1 Å². The standard InChI is InChI=1S/C34H58N2/c1-3-7-11-15-19-27-35-29-22-26-34(32-35)24-18-14-10-6-2-4-8-12-16-20-28-36-30-21-25-33(31-36)23-17-13-9-5-1/h21-22,25-26,29,31-32,34H,1-20,23-24,27-28,30H2. The Morgan fingerprint density at radius 3 is 1.94 bits per heavy atom. The molecule has 1 unspecified atom stereocenters. The Morgan fingerprint density at radius 2 is 1.25 bits per heavy atom. The lowest BCUT2D eigenvalue weighted by atomic mass is 9.97. The van der Waals surface area contributed by atoms with Crippen molar-refractivity contribution < 1.29 is 4.58 Å². The summed E-state index contributed by atoms with van der Waals surface area (Å²) in [5.74, 6) is 0.665. The van der Waals surface area contributed by atoms with Crippen LogP contribution in [0.4, 0.5) is 0 Å². The van der Waals surface area contributed by atoms with Crippen molar-refractivity contribution in [3.8, 4) is 0 Å². The lowest BCUT2D eigenvalue weighted by Gasteiger charge is -2.23. The maximum atomic E-state index is 2.56. The molecule has 2 nitrogen and oxygen atoms in total. The fourth-order valence-corrected chi connectivity index (χ4v) is 6.09. The SMILES string of the molecule is C1=CC2[CH-][N+](=C1)CCCCCCCCCCCCC1=CN(CC=C1)CCCCCCCCCCCC2. The smallest absolute Gasteiger partial charge is 0.115 e. The predicted molar refractivity (Wildman–Crippen MR) is 158 cm³/mol. The van der Waals surface area contributed by atoms with Crippen LogP contribution < -0.4 is 0 Å². The fourth-order valence-electron chi connectivity index (χ4n) is 6.09. The van der Waals surface area contributed by atoms with Crippen LogP contribution in [0.5, 0.6) is 0 Å². The zero-order chi connectivity index (χ0) is 24.9. The molecular formula is C34H58N2. The predicted octanol–water partition coefficient (Wildman–Crippen LogP) is 9.77. The van der Waals surface area contributed by atoms with Crippen LogP contribution in [-0.2, 0) is 0 Å². The molecular weight excluding hydrogens is 436 g/mol. The van der Waals surface area contributed by atoms with Crippen molar-refractivity contribution in [1.82, 2.24) is 4.90 Å². The summed E-state index contributed by atoms with van der Waals surface area (Å²) in [6.45, 7) is 6.08. The summed E-state index contributed by atoms with van der Waals surface area (Å²) in [5, 5.41) is 0. The third-order valence-corrected chi connectivity index (χ3v) is 8.40. The molecule has 36 heavy (non-hydrogen) atoms.